The molecule has 0 spiro atoms. The molecular weight excluding hydrogens is 292 g/mol. The molecule has 1 saturated carbocycles. The number of esters is 1. The predicted molar refractivity (Wildman–Crippen MR) is 87.5 cm³/mol. The lowest BCUT2D eigenvalue weighted by Crippen LogP contribution is -2.36. The average molecular weight is 314 g/mol. The molecule has 1 N–H and O–H groups in total. The van der Waals surface area contributed by atoms with Crippen molar-refractivity contribution in [1.82, 2.24) is 0 Å². The van der Waals surface area contributed by atoms with Gasteiger partial charge >= 0.3 is 5.97 Å². The molecule has 0 amide bonds. The maximum Gasteiger partial charge on any atom is 0.345 e. The van der Waals surface area contributed by atoms with Crippen LogP contribution in [0.15, 0.2) is 47.4 Å². The van der Waals surface area contributed by atoms with Crippen molar-refractivity contribution in [2.75, 3.05) is 7.11 Å². The minimum atomic E-state index is -0.491. The highest BCUT2D eigenvalue weighted by atomic mass is 16.6. The molecular formula is C19H22O4. The summed E-state index contributed by atoms with van der Waals surface area (Å²) in [6, 6.07) is 9.84. The Morgan fingerprint density at radius 1 is 1.22 bits per heavy atom. The molecule has 2 fully saturated rings. The highest BCUT2D eigenvalue weighted by Crippen LogP contribution is 2.41. The minimum Gasteiger partial charge on any atom is -0.480 e. The van der Waals surface area contributed by atoms with Gasteiger partial charge in [-0.25, -0.2) is 4.79 Å². The van der Waals surface area contributed by atoms with E-state index in [0.717, 1.165) is 43.2 Å². The molecule has 1 heterocycles. The summed E-state index contributed by atoms with van der Waals surface area (Å²) in [6.45, 7) is 0. The Kier molecular flexibility index (Phi) is 4.70. The lowest BCUT2D eigenvalue weighted by atomic mass is 9.81. The number of carbonyl (C=O) groups excluding carboxylic acids is 1. The molecule has 3 rings (SSSR count). The van der Waals surface area contributed by atoms with Crippen molar-refractivity contribution in [2.24, 2.45) is 5.92 Å². The van der Waals surface area contributed by atoms with Crippen LogP contribution in [0.2, 0.25) is 0 Å². The van der Waals surface area contributed by atoms with Crippen molar-refractivity contribution >= 4 is 12.0 Å². The predicted octanol–water partition coefficient (Wildman–Crippen LogP) is 3.99. The lowest BCUT2D eigenvalue weighted by molar-refractivity contribution is -0.149. The van der Waals surface area contributed by atoms with Gasteiger partial charge in [-0.1, -0.05) is 49.2 Å². The number of ether oxygens (including phenoxy) is 2. The van der Waals surface area contributed by atoms with Crippen molar-refractivity contribution in [1.29, 1.82) is 0 Å². The van der Waals surface area contributed by atoms with Crippen LogP contribution in [0.5, 0.6) is 0 Å². The van der Waals surface area contributed by atoms with Gasteiger partial charge in [-0.05, 0) is 30.4 Å². The van der Waals surface area contributed by atoms with E-state index in [4.69, 9.17) is 9.47 Å². The normalized spacial score (nSPS) is 28.6. The van der Waals surface area contributed by atoms with Gasteiger partial charge in [-0.3, -0.25) is 0 Å². The van der Waals surface area contributed by atoms with Crippen LogP contribution in [0.1, 0.15) is 37.7 Å². The van der Waals surface area contributed by atoms with Gasteiger partial charge in [0.15, 0.2) is 0 Å². The summed E-state index contributed by atoms with van der Waals surface area (Å²) in [5.74, 6) is -0.739. The summed E-state index contributed by atoms with van der Waals surface area (Å²) >= 11 is 0. The van der Waals surface area contributed by atoms with E-state index in [1.165, 1.54) is 7.11 Å². The Labute approximate surface area is 136 Å². The summed E-state index contributed by atoms with van der Waals surface area (Å²) in [5.41, 5.74) is 2.00. The molecule has 122 valence electrons. The maximum absolute atomic E-state index is 12.4. The van der Waals surface area contributed by atoms with Crippen molar-refractivity contribution in [3.05, 3.63) is 53.0 Å². The Morgan fingerprint density at radius 3 is 2.70 bits per heavy atom. The van der Waals surface area contributed by atoms with Gasteiger partial charge in [0.1, 0.15) is 11.7 Å². The van der Waals surface area contributed by atoms with Crippen LogP contribution < -0.4 is 0 Å². The third-order valence-electron chi connectivity index (χ3n) is 4.63. The number of benzene rings is 1. The molecule has 0 bridgehead atoms. The molecule has 0 radical (unpaired) electrons. The van der Waals surface area contributed by atoms with E-state index in [9.17, 15) is 9.90 Å². The first-order valence-corrected chi connectivity index (χ1v) is 8.16. The SMILES string of the molecule is CO/C(O)=C1\C(=O)OC2CCCCCC2C1=Cc1ccccc1. The molecule has 0 aromatic heterocycles. The van der Waals surface area contributed by atoms with Crippen molar-refractivity contribution in [3.63, 3.8) is 0 Å². The first-order valence-electron chi connectivity index (χ1n) is 8.16. The van der Waals surface area contributed by atoms with E-state index in [0.29, 0.717) is 0 Å². The molecule has 2 aliphatic rings. The summed E-state index contributed by atoms with van der Waals surface area (Å²) in [5, 5.41) is 10.1. The fraction of sp³-hybridized carbons (Fsp3) is 0.421. The third-order valence-corrected chi connectivity index (χ3v) is 4.63. The zero-order chi connectivity index (χ0) is 16.2. The Bertz CT molecular complexity index is 630. The highest BCUT2D eigenvalue weighted by Gasteiger charge is 2.40. The molecule has 4 heteroatoms. The smallest absolute Gasteiger partial charge is 0.345 e. The molecule has 1 saturated heterocycles. The van der Waals surface area contributed by atoms with Crippen LogP contribution in [-0.2, 0) is 14.3 Å². The quantitative estimate of drug-likeness (QED) is 0.509. The number of fused-ring (bicyclic) bond motifs is 1. The van der Waals surface area contributed by atoms with Gasteiger partial charge < -0.3 is 14.6 Å². The van der Waals surface area contributed by atoms with Gasteiger partial charge in [-0.2, -0.15) is 0 Å². The molecule has 2 unspecified atom stereocenters. The summed E-state index contributed by atoms with van der Waals surface area (Å²) in [6.07, 6.45) is 7.04. The van der Waals surface area contributed by atoms with Crippen molar-refractivity contribution < 1.29 is 19.4 Å². The number of carbonyl (C=O) groups is 1. The van der Waals surface area contributed by atoms with Crippen LogP contribution in [0.4, 0.5) is 0 Å². The van der Waals surface area contributed by atoms with Gasteiger partial charge in [-0.15, -0.1) is 0 Å². The molecule has 23 heavy (non-hydrogen) atoms. The van der Waals surface area contributed by atoms with Crippen LogP contribution in [-0.4, -0.2) is 24.3 Å². The Morgan fingerprint density at radius 2 is 1.96 bits per heavy atom. The second-order valence-corrected chi connectivity index (χ2v) is 6.08. The molecule has 2 atom stereocenters. The summed E-state index contributed by atoms with van der Waals surface area (Å²) in [7, 11) is 1.36. The zero-order valence-electron chi connectivity index (χ0n) is 13.3. The van der Waals surface area contributed by atoms with E-state index in [1.807, 2.05) is 36.4 Å². The number of rotatable bonds is 2. The van der Waals surface area contributed by atoms with Gasteiger partial charge in [0.25, 0.3) is 5.95 Å². The molecule has 1 aromatic rings. The second kappa shape index (κ2) is 6.90. The van der Waals surface area contributed by atoms with E-state index < -0.39 is 5.97 Å². The first-order chi connectivity index (χ1) is 11.2. The number of methoxy groups -OCH3 is 1. The number of hydrogen-bond acceptors (Lipinski definition) is 4. The van der Waals surface area contributed by atoms with E-state index >= 15 is 0 Å². The van der Waals surface area contributed by atoms with Gasteiger partial charge in [0, 0.05) is 5.92 Å². The minimum absolute atomic E-state index is 0.103. The molecule has 1 aromatic carbocycles. The van der Waals surface area contributed by atoms with E-state index in [1.54, 1.807) is 0 Å². The average Bonchev–Trinajstić information content (AvgIpc) is 2.80. The van der Waals surface area contributed by atoms with Crippen molar-refractivity contribution in [3.8, 4) is 0 Å². The second-order valence-electron chi connectivity index (χ2n) is 6.08. The maximum atomic E-state index is 12.4. The number of aliphatic hydroxyl groups excluding tert-OH is 1. The van der Waals surface area contributed by atoms with Crippen LogP contribution in [0.25, 0.3) is 6.08 Å². The summed E-state index contributed by atoms with van der Waals surface area (Å²) in [4.78, 5) is 12.4. The topological polar surface area (TPSA) is 55.8 Å². The monoisotopic (exact) mass is 314 g/mol. The highest BCUT2D eigenvalue weighted by molar-refractivity contribution is 5.97. The number of aliphatic hydroxyl groups is 1. The van der Waals surface area contributed by atoms with Crippen LogP contribution >= 0.6 is 0 Å². The standard InChI is InChI=1S/C19H22O4/c1-22-18(20)17-15(12-13-8-4-2-5-9-13)14-10-6-3-7-11-16(14)23-19(17)21/h2,4-5,8-9,12,14,16,20H,3,6-7,10-11H2,1H3/b15-12?,18-17-. The molecule has 1 aliphatic carbocycles. The lowest BCUT2D eigenvalue weighted by Gasteiger charge is -2.33. The zero-order valence-corrected chi connectivity index (χ0v) is 13.3. The van der Waals surface area contributed by atoms with Gasteiger partial charge in [0.2, 0.25) is 0 Å². The largest absolute Gasteiger partial charge is 0.480 e. The fourth-order valence-electron chi connectivity index (χ4n) is 3.49. The van der Waals surface area contributed by atoms with Crippen molar-refractivity contribution in [2.45, 2.75) is 38.2 Å². The van der Waals surface area contributed by atoms with Crippen LogP contribution in [0.3, 0.4) is 0 Å². The Hall–Kier alpha value is -2.23. The Balaban J connectivity index is 2.09. The van der Waals surface area contributed by atoms with Gasteiger partial charge in [0.05, 0.1) is 7.11 Å². The summed E-state index contributed by atoms with van der Waals surface area (Å²) < 4.78 is 10.5. The van der Waals surface area contributed by atoms with E-state index in [2.05, 4.69) is 0 Å². The molecule has 1 aliphatic heterocycles. The molecule has 4 nitrogen and oxygen atoms in total. The fourth-order valence-corrected chi connectivity index (χ4v) is 3.49. The first kappa shape index (κ1) is 15.7. The van der Waals surface area contributed by atoms with E-state index in [-0.39, 0.29) is 23.5 Å². The third kappa shape index (κ3) is 3.26. The van der Waals surface area contributed by atoms with Crippen LogP contribution in [0, 0.1) is 5.92 Å². The number of hydrogen-bond donors (Lipinski definition) is 1.